The first kappa shape index (κ1) is 10.2. The van der Waals surface area contributed by atoms with Crippen LogP contribution in [0.15, 0.2) is 30.5 Å². The van der Waals surface area contributed by atoms with Gasteiger partial charge in [0, 0.05) is 19.3 Å². The fourth-order valence-corrected chi connectivity index (χ4v) is 2.02. The van der Waals surface area contributed by atoms with Crippen LogP contribution in [0.25, 0.3) is 10.9 Å². The lowest BCUT2D eigenvalue weighted by molar-refractivity contribution is 0.648. The van der Waals surface area contributed by atoms with Crippen LogP contribution < -0.4 is 5.73 Å². The van der Waals surface area contributed by atoms with Crippen LogP contribution in [0.3, 0.4) is 0 Å². The number of para-hydroxylation sites is 1. The standard InChI is InChI=1S/C13H18N2/c1-2-3-8-15-9-7-11-5-4-6-12(10-14)13(11)15/h4-7,9H,2-3,8,10,14H2,1H3. The van der Waals surface area contributed by atoms with Crippen LogP contribution in [-0.2, 0) is 13.1 Å². The molecule has 0 bridgehead atoms. The second-order valence-electron chi connectivity index (χ2n) is 3.92. The molecule has 1 aromatic heterocycles. The van der Waals surface area contributed by atoms with Gasteiger partial charge in [-0.3, -0.25) is 0 Å². The number of nitrogens with two attached hydrogens (primary N) is 1. The Morgan fingerprint density at radius 1 is 1.27 bits per heavy atom. The monoisotopic (exact) mass is 202 g/mol. The van der Waals surface area contributed by atoms with E-state index in [0.717, 1.165) is 6.54 Å². The number of aromatic nitrogens is 1. The molecule has 0 saturated carbocycles. The van der Waals surface area contributed by atoms with E-state index in [1.807, 2.05) is 0 Å². The third kappa shape index (κ3) is 1.90. The summed E-state index contributed by atoms with van der Waals surface area (Å²) in [7, 11) is 0. The Balaban J connectivity index is 2.46. The number of nitrogens with zero attached hydrogens (tertiary/aromatic N) is 1. The van der Waals surface area contributed by atoms with Gasteiger partial charge in [-0.25, -0.2) is 0 Å². The van der Waals surface area contributed by atoms with E-state index in [1.54, 1.807) is 0 Å². The Kier molecular flexibility index (Phi) is 3.07. The highest BCUT2D eigenvalue weighted by molar-refractivity contribution is 5.83. The minimum absolute atomic E-state index is 0.619. The lowest BCUT2D eigenvalue weighted by atomic mass is 10.1. The second-order valence-corrected chi connectivity index (χ2v) is 3.92. The molecule has 0 saturated heterocycles. The Morgan fingerprint density at radius 2 is 2.13 bits per heavy atom. The van der Waals surface area contributed by atoms with Crippen molar-refractivity contribution in [1.82, 2.24) is 4.57 Å². The van der Waals surface area contributed by atoms with Crippen LogP contribution in [0, 0.1) is 0 Å². The third-order valence-corrected chi connectivity index (χ3v) is 2.84. The summed E-state index contributed by atoms with van der Waals surface area (Å²) in [6, 6.07) is 8.51. The summed E-state index contributed by atoms with van der Waals surface area (Å²) in [5.41, 5.74) is 8.32. The molecule has 2 rings (SSSR count). The number of benzene rings is 1. The summed E-state index contributed by atoms with van der Waals surface area (Å²) in [5, 5.41) is 1.30. The SMILES string of the molecule is CCCCn1ccc2cccc(CN)c21. The molecule has 0 radical (unpaired) electrons. The van der Waals surface area contributed by atoms with E-state index < -0.39 is 0 Å². The highest BCUT2D eigenvalue weighted by Crippen LogP contribution is 2.20. The largest absolute Gasteiger partial charge is 0.347 e. The Labute approximate surface area is 90.7 Å². The first-order valence-electron chi connectivity index (χ1n) is 5.63. The van der Waals surface area contributed by atoms with Gasteiger partial charge in [-0.05, 0) is 23.4 Å². The molecule has 0 fully saturated rings. The Morgan fingerprint density at radius 3 is 2.87 bits per heavy atom. The molecule has 2 N–H and O–H groups in total. The fraction of sp³-hybridized carbons (Fsp3) is 0.385. The smallest absolute Gasteiger partial charge is 0.0525 e. The van der Waals surface area contributed by atoms with E-state index in [1.165, 1.54) is 29.3 Å². The molecule has 0 aliphatic rings. The van der Waals surface area contributed by atoms with E-state index in [4.69, 9.17) is 5.73 Å². The zero-order valence-electron chi connectivity index (χ0n) is 9.24. The number of fused-ring (bicyclic) bond motifs is 1. The summed E-state index contributed by atoms with van der Waals surface area (Å²) in [6.45, 7) is 3.93. The van der Waals surface area contributed by atoms with Gasteiger partial charge in [0.2, 0.25) is 0 Å². The van der Waals surface area contributed by atoms with E-state index >= 15 is 0 Å². The summed E-state index contributed by atoms with van der Waals surface area (Å²) in [6.07, 6.45) is 4.62. The minimum atomic E-state index is 0.619. The zero-order valence-corrected chi connectivity index (χ0v) is 9.24. The molecule has 0 spiro atoms. The highest BCUT2D eigenvalue weighted by atomic mass is 15.0. The zero-order chi connectivity index (χ0) is 10.7. The maximum atomic E-state index is 5.76. The summed E-state index contributed by atoms with van der Waals surface area (Å²) < 4.78 is 2.32. The van der Waals surface area contributed by atoms with E-state index in [-0.39, 0.29) is 0 Å². The number of hydrogen-bond acceptors (Lipinski definition) is 1. The molecule has 15 heavy (non-hydrogen) atoms. The van der Waals surface area contributed by atoms with Crippen LogP contribution in [0.2, 0.25) is 0 Å². The van der Waals surface area contributed by atoms with Crippen LogP contribution in [-0.4, -0.2) is 4.57 Å². The van der Waals surface area contributed by atoms with Gasteiger partial charge in [0.1, 0.15) is 0 Å². The molecule has 1 aromatic carbocycles. The van der Waals surface area contributed by atoms with E-state index in [9.17, 15) is 0 Å². The maximum Gasteiger partial charge on any atom is 0.0525 e. The van der Waals surface area contributed by atoms with Gasteiger partial charge in [0.25, 0.3) is 0 Å². The normalized spacial score (nSPS) is 11.1. The lowest BCUT2D eigenvalue weighted by Crippen LogP contribution is -2.02. The lowest BCUT2D eigenvalue weighted by Gasteiger charge is -2.07. The predicted octanol–water partition coefficient (Wildman–Crippen LogP) is 2.90. The average Bonchev–Trinajstić information content (AvgIpc) is 2.69. The van der Waals surface area contributed by atoms with Crippen LogP contribution >= 0.6 is 0 Å². The number of aryl methyl sites for hydroxylation is 1. The van der Waals surface area contributed by atoms with Crippen LogP contribution in [0.4, 0.5) is 0 Å². The van der Waals surface area contributed by atoms with Gasteiger partial charge in [0.05, 0.1) is 5.52 Å². The van der Waals surface area contributed by atoms with Crippen molar-refractivity contribution < 1.29 is 0 Å². The summed E-state index contributed by atoms with van der Waals surface area (Å²) >= 11 is 0. The van der Waals surface area contributed by atoms with Gasteiger partial charge in [-0.2, -0.15) is 0 Å². The van der Waals surface area contributed by atoms with Gasteiger partial charge < -0.3 is 10.3 Å². The number of rotatable bonds is 4. The molecular weight excluding hydrogens is 184 g/mol. The maximum absolute atomic E-state index is 5.76. The van der Waals surface area contributed by atoms with Crippen molar-refractivity contribution in [2.24, 2.45) is 5.73 Å². The van der Waals surface area contributed by atoms with Crippen molar-refractivity contribution >= 4 is 10.9 Å². The van der Waals surface area contributed by atoms with Gasteiger partial charge in [-0.1, -0.05) is 31.5 Å². The fourth-order valence-electron chi connectivity index (χ4n) is 2.02. The summed E-state index contributed by atoms with van der Waals surface area (Å²) in [5.74, 6) is 0. The molecule has 1 heterocycles. The molecule has 2 heteroatoms. The van der Waals surface area contributed by atoms with Crippen molar-refractivity contribution in [3.63, 3.8) is 0 Å². The molecule has 0 atom stereocenters. The Hall–Kier alpha value is -1.28. The molecule has 0 amide bonds. The van der Waals surface area contributed by atoms with Crippen molar-refractivity contribution in [1.29, 1.82) is 0 Å². The Bertz CT molecular complexity index is 443. The van der Waals surface area contributed by atoms with Gasteiger partial charge in [0.15, 0.2) is 0 Å². The van der Waals surface area contributed by atoms with Crippen molar-refractivity contribution in [3.8, 4) is 0 Å². The highest BCUT2D eigenvalue weighted by Gasteiger charge is 2.04. The van der Waals surface area contributed by atoms with E-state index in [2.05, 4.69) is 42.0 Å². The average molecular weight is 202 g/mol. The molecular formula is C13H18N2. The number of unbranched alkanes of at least 4 members (excludes halogenated alkanes) is 1. The first-order valence-corrected chi connectivity index (χ1v) is 5.63. The molecule has 80 valence electrons. The summed E-state index contributed by atoms with van der Waals surface area (Å²) in [4.78, 5) is 0. The van der Waals surface area contributed by atoms with Gasteiger partial charge >= 0.3 is 0 Å². The quantitative estimate of drug-likeness (QED) is 0.812. The van der Waals surface area contributed by atoms with Crippen molar-refractivity contribution in [3.05, 3.63) is 36.0 Å². The minimum Gasteiger partial charge on any atom is -0.347 e. The first-order chi connectivity index (χ1) is 7.36. The molecule has 0 aliphatic carbocycles. The van der Waals surface area contributed by atoms with Crippen molar-refractivity contribution in [2.45, 2.75) is 32.9 Å². The van der Waals surface area contributed by atoms with Crippen LogP contribution in [0.5, 0.6) is 0 Å². The van der Waals surface area contributed by atoms with E-state index in [0.29, 0.717) is 6.54 Å². The number of hydrogen-bond donors (Lipinski definition) is 1. The molecule has 0 aliphatic heterocycles. The van der Waals surface area contributed by atoms with Crippen LogP contribution in [0.1, 0.15) is 25.3 Å². The molecule has 2 nitrogen and oxygen atoms in total. The molecule has 0 unspecified atom stereocenters. The second kappa shape index (κ2) is 4.49. The molecule has 2 aromatic rings. The van der Waals surface area contributed by atoms with Gasteiger partial charge in [-0.15, -0.1) is 0 Å². The van der Waals surface area contributed by atoms with Crippen molar-refractivity contribution in [2.75, 3.05) is 0 Å². The third-order valence-electron chi connectivity index (χ3n) is 2.84. The predicted molar refractivity (Wildman–Crippen MR) is 64.7 cm³/mol. The topological polar surface area (TPSA) is 30.9 Å².